The summed E-state index contributed by atoms with van der Waals surface area (Å²) in [5, 5.41) is 14.5. The maximum Gasteiger partial charge on any atom is 0.251 e. The van der Waals surface area contributed by atoms with Crippen molar-refractivity contribution in [1.29, 1.82) is 0 Å². The number of carbonyl (C=O) groups is 3. The number of anilines is 1. The predicted octanol–water partition coefficient (Wildman–Crippen LogP) is 1.39. The number of hydrogen-bond acceptors (Lipinski definition) is 5. The lowest BCUT2D eigenvalue weighted by Gasteiger charge is -2.28. The summed E-state index contributed by atoms with van der Waals surface area (Å²) in [6, 6.07) is 0. The molecule has 2 amide bonds. The van der Waals surface area contributed by atoms with Crippen LogP contribution in [0.3, 0.4) is 0 Å². The zero-order valence-corrected chi connectivity index (χ0v) is 14.7. The summed E-state index contributed by atoms with van der Waals surface area (Å²) in [7, 11) is 0. The minimum Gasteiger partial charge on any atom is -0.550 e. The van der Waals surface area contributed by atoms with Crippen molar-refractivity contribution >= 4 is 34.1 Å². The summed E-state index contributed by atoms with van der Waals surface area (Å²) in [6.07, 6.45) is 9.03. The number of carboxylic acid groups (broad SMARTS) is 1. The average Bonchev–Trinajstić information content (AvgIpc) is 2.76. The van der Waals surface area contributed by atoms with Gasteiger partial charge in [0.2, 0.25) is 5.91 Å². The van der Waals surface area contributed by atoms with Crippen LogP contribution in [0.1, 0.15) is 52.9 Å². The van der Waals surface area contributed by atoms with E-state index in [4.69, 9.17) is 5.73 Å². The zero-order valence-electron chi connectivity index (χ0n) is 13.9. The van der Waals surface area contributed by atoms with E-state index in [9.17, 15) is 19.5 Å². The van der Waals surface area contributed by atoms with Crippen molar-refractivity contribution in [1.82, 2.24) is 0 Å². The Bertz CT molecular complexity index is 738. The highest BCUT2D eigenvalue weighted by atomic mass is 32.1. The number of thiophene rings is 1. The number of aryl methyl sites for hydroxylation is 1. The molecule has 2 aliphatic carbocycles. The molecule has 6 nitrogen and oxygen atoms in total. The zero-order chi connectivity index (χ0) is 18.0. The Morgan fingerprint density at radius 2 is 1.76 bits per heavy atom. The van der Waals surface area contributed by atoms with Crippen LogP contribution in [-0.2, 0) is 22.4 Å². The first-order valence-electron chi connectivity index (χ1n) is 8.60. The molecule has 3 rings (SSSR count). The molecule has 7 heteroatoms. The summed E-state index contributed by atoms with van der Waals surface area (Å²) in [6.45, 7) is 0. The van der Waals surface area contributed by atoms with Crippen LogP contribution < -0.4 is 16.2 Å². The summed E-state index contributed by atoms with van der Waals surface area (Å²) in [5.74, 6) is -3.70. The number of nitrogens with one attached hydrogen (secondary N) is 1. The molecule has 0 radical (unpaired) electrons. The first-order valence-corrected chi connectivity index (χ1v) is 9.41. The van der Waals surface area contributed by atoms with Crippen molar-refractivity contribution in [3.05, 3.63) is 28.2 Å². The third-order valence-corrected chi connectivity index (χ3v) is 6.18. The molecule has 0 aliphatic heterocycles. The van der Waals surface area contributed by atoms with E-state index in [1.54, 1.807) is 6.08 Å². The van der Waals surface area contributed by atoms with Crippen LogP contribution in [0.15, 0.2) is 12.2 Å². The van der Waals surface area contributed by atoms with E-state index in [0.29, 0.717) is 17.0 Å². The number of amides is 2. The second-order valence-electron chi connectivity index (χ2n) is 6.60. The maximum absolute atomic E-state index is 12.7. The topological polar surface area (TPSA) is 112 Å². The smallest absolute Gasteiger partial charge is 0.251 e. The van der Waals surface area contributed by atoms with Crippen molar-refractivity contribution in [2.45, 2.75) is 44.9 Å². The number of nitrogens with two attached hydrogens (primary N) is 1. The Balaban J connectivity index is 1.87. The van der Waals surface area contributed by atoms with E-state index >= 15 is 0 Å². The fraction of sp³-hybridized carbons (Fsp3) is 0.500. The molecule has 0 bridgehead atoms. The molecule has 134 valence electrons. The van der Waals surface area contributed by atoms with Gasteiger partial charge in [0.15, 0.2) is 0 Å². The van der Waals surface area contributed by atoms with E-state index in [-0.39, 0.29) is 6.42 Å². The Hall–Kier alpha value is -2.15. The molecule has 1 aromatic heterocycles. The molecule has 3 N–H and O–H groups in total. The van der Waals surface area contributed by atoms with Gasteiger partial charge in [-0.25, -0.2) is 0 Å². The molecule has 0 fully saturated rings. The van der Waals surface area contributed by atoms with Crippen molar-refractivity contribution in [2.75, 3.05) is 5.32 Å². The van der Waals surface area contributed by atoms with Gasteiger partial charge in [0.1, 0.15) is 5.00 Å². The quantitative estimate of drug-likeness (QED) is 0.623. The van der Waals surface area contributed by atoms with Crippen LogP contribution in [0.4, 0.5) is 5.00 Å². The first kappa shape index (κ1) is 17.7. The maximum atomic E-state index is 12.7. The van der Waals surface area contributed by atoms with Crippen LogP contribution >= 0.6 is 11.3 Å². The highest BCUT2D eigenvalue weighted by Crippen LogP contribution is 2.38. The van der Waals surface area contributed by atoms with Crippen LogP contribution in [0.25, 0.3) is 0 Å². The molecular weight excluding hydrogens is 340 g/mol. The summed E-state index contributed by atoms with van der Waals surface area (Å²) < 4.78 is 0. The third-order valence-electron chi connectivity index (χ3n) is 4.98. The van der Waals surface area contributed by atoms with Crippen molar-refractivity contribution in [3.63, 3.8) is 0 Å². The monoisotopic (exact) mass is 361 g/mol. The van der Waals surface area contributed by atoms with Crippen molar-refractivity contribution in [3.8, 4) is 0 Å². The lowest BCUT2D eigenvalue weighted by molar-refractivity contribution is -0.313. The predicted molar refractivity (Wildman–Crippen MR) is 93.1 cm³/mol. The van der Waals surface area contributed by atoms with Gasteiger partial charge in [0.25, 0.3) is 5.91 Å². The number of aliphatic carboxylic acids is 1. The number of rotatable bonds is 4. The summed E-state index contributed by atoms with van der Waals surface area (Å²) in [5.41, 5.74) is 6.91. The molecule has 2 aliphatic rings. The fourth-order valence-corrected chi connectivity index (χ4v) is 4.96. The molecule has 0 spiro atoms. The molecule has 1 aromatic rings. The van der Waals surface area contributed by atoms with Crippen LogP contribution in [-0.4, -0.2) is 17.8 Å². The number of carbonyl (C=O) groups excluding carboxylic acids is 3. The van der Waals surface area contributed by atoms with Crippen molar-refractivity contribution in [2.24, 2.45) is 17.6 Å². The highest BCUT2D eigenvalue weighted by Gasteiger charge is 2.32. The number of allylic oxidation sites excluding steroid dienone is 2. The van der Waals surface area contributed by atoms with E-state index in [0.717, 1.165) is 42.5 Å². The number of primary amides is 1. The average molecular weight is 361 g/mol. The van der Waals surface area contributed by atoms with Gasteiger partial charge in [-0.05, 0) is 44.1 Å². The minimum absolute atomic E-state index is 0.282. The van der Waals surface area contributed by atoms with Gasteiger partial charge in [0, 0.05) is 16.8 Å². The van der Waals surface area contributed by atoms with Crippen molar-refractivity contribution < 1.29 is 19.5 Å². The largest absolute Gasteiger partial charge is 0.550 e. The number of carboxylic acids is 1. The van der Waals surface area contributed by atoms with Gasteiger partial charge in [-0.1, -0.05) is 18.6 Å². The molecule has 2 atom stereocenters. The Labute approximate surface area is 150 Å². The molecule has 0 saturated heterocycles. The van der Waals surface area contributed by atoms with Gasteiger partial charge in [-0.15, -0.1) is 11.3 Å². The first-order chi connectivity index (χ1) is 12.0. The lowest BCUT2D eigenvalue weighted by atomic mass is 9.82. The second kappa shape index (κ2) is 7.39. The van der Waals surface area contributed by atoms with Gasteiger partial charge in [-0.3, -0.25) is 9.59 Å². The SMILES string of the molecule is NC(=O)c1c(NC(=O)[C@@H]2CC=CC[C@H]2C(=O)[O-])sc2c1CCCCC2. The van der Waals surface area contributed by atoms with E-state index in [1.807, 2.05) is 6.08 Å². The van der Waals surface area contributed by atoms with Crippen LogP contribution in [0, 0.1) is 11.8 Å². The molecule has 1 heterocycles. The Morgan fingerprint density at radius 3 is 2.44 bits per heavy atom. The molecular formula is C18H21N2O4S-. The highest BCUT2D eigenvalue weighted by molar-refractivity contribution is 7.17. The molecule has 0 saturated carbocycles. The van der Waals surface area contributed by atoms with Crippen LogP contribution in [0.2, 0.25) is 0 Å². The fourth-order valence-electron chi connectivity index (χ4n) is 3.66. The standard InChI is InChI=1S/C18H22N2O4S/c19-15(21)14-12-8-2-1-3-9-13(12)25-17(14)20-16(22)10-6-4-5-7-11(10)18(23)24/h4-5,10-11H,1-3,6-9H2,(H2,19,21)(H,20,22)(H,23,24)/p-1/t10-,11-/m1/s1. The van der Waals surface area contributed by atoms with Crippen LogP contribution in [0.5, 0.6) is 0 Å². The second-order valence-corrected chi connectivity index (χ2v) is 7.70. The number of hydrogen-bond donors (Lipinski definition) is 2. The molecule has 0 aromatic carbocycles. The summed E-state index contributed by atoms with van der Waals surface area (Å²) in [4.78, 5) is 37.0. The van der Waals surface area contributed by atoms with E-state index in [1.165, 1.54) is 11.3 Å². The third kappa shape index (κ3) is 3.61. The van der Waals surface area contributed by atoms with Gasteiger partial charge in [-0.2, -0.15) is 0 Å². The normalized spacial score (nSPS) is 22.7. The summed E-state index contributed by atoms with van der Waals surface area (Å²) >= 11 is 1.39. The van der Waals surface area contributed by atoms with E-state index in [2.05, 4.69) is 5.32 Å². The van der Waals surface area contributed by atoms with Gasteiger partial charge < -0.3 is 21.0 Å². The number of fused-ring (bicyclic) bond motifs is 1. The Morgan fingerprint density at radius 1 is 1.08 bits per heavy atom. The van der Waals surface area contributed by atoms with Gasteiger partial charge >= 0.3 is 0 Å². The van der Waals surface area contributed by atoms with E-state index < -0.39 is 29.6 Å². The van der Waals surface area contributed by atoms with Gasteiger partial charge in [0.05, 0.1) is 11.5 Å². The molecule has 25 heavy (non-hydrogen) atoms. The lowest BCUT2D eigenvalue weighted by Crippen LogP contribution is -2.41. The molecule has 0 unspecified atom stereocenters. The Kier molecular flexibility index (Phi) is 5.22. The minimum atomic E-state index is -1.22.